The van der Waals surface area contributed by atoms with Gasteiger partial charge in [0.05, 0.1) is 24.6 Å². The Morgan fingerprint density at radius 1 is 1.24 bits per heavy atom. The monoisotopic (exact) mass is 496 g/mol. The van der Waals surface area contributed by atoms with Crippen LogP contribution < -0.4 is 0 Å². The Bertz CT molecular complexity index is 1250. The van der Waals surface area contributed by atoms with E-state index in [9.17, 15) is 22.8 Å². The number of pyridine rings is 1. The SMILES string of the molecule is CC1CN(C2CCN(C(=O)c3nc4c(C(F)(F)F)cc(-c5ccoc5)cn4c3Cl)CC2)C(=O)O1. The van der Waals surface area contributed by atoms with Crippen LogP contribution in [-0.2, 0) is 10.9 Å². The molecule has 0 bridgehead atoms. The number of carbonyl (C=O) groups is 2. The number of aromatic nitrogens is 2. The molecule has 0 saturated carbocycles. The topological polar surface area (TPSA) is 80.3 Å². The first-order valence-corrected chi connectivity index (χ1v) is 11.1. The first-order chi connectivity index (χ1) is 16.1. The molecule has 2 saturated heterocycles. The van der Waals surface area contributed by atoms with E-state index in [2.05, 4.69) is 4.98 Å². The summed E-state index contributed by atoms with van der Waals surface area (Å²) in [4.78, 5) is 32.3. The maximum absolute atomic E-state index is 13.8. The fourth-order valence-electron chi connectivity index (χ4n) is 4.51. The van der Waals surface area contributed by atoms with Crippen molar-refractivity contribution in [3.8, 4) is 11.1 Å². The number of halogens is 4. The highest BCUT2D eigenvalue weighted by Crippen LogP contribution is 2.37. The summed E-state index contributed by atoms with van der Waals surface area (Å²) in [6.07, 6.45) is -0.145. The molecule has 1 unspecified atom stereocenters. The summed E-state index contributed by atoms with van der Waals surface area (Å²) in [5.41, 5.74) is -1.05. The fraction of sp³-hybridized carbons (Fsp3) is 0.409. The van der Waals surface area contributed by atoms with Gasteiger partial charge in [-0.3, -0.25) is 9.20 Å². The Morgan fingerprint density at radius 2 is 1.97 bits per heavy atom. The molecule has 180 valence electrons. The van der Waals surface area contributed by atoms with E-state index in [-0.39, 0.29) is 34.6 Å². The van der Waals surface area contributed by atoms with Crippen LogP contribution in [0.1, 0.15) is 35.8 Å². The zero-order valence-electron chi connectivity index (χ0n) is 18.0. The third-order valence-corrected chi connectivity index (χ3v) is 6.57. The maximum atomic E-state index is 13.8. The largest absolute Gasteiger partial charge is 0.472 e. The first kappa shape index (κ1) is 22.6. The van der Waals surface area contributed by atoms with Gasteiger partial charge in [0, 0.05) is 36.5 Å². The van der Waals surface area contributed by atoms with Crippen molar-refractivity contribution in [1.82, 2.24) is 19.2 Å². The van der Waals surface area contributed by atoms with Crippen LogP contribution in [0.4, 0.5) is 18.0 Å². The molecule has 3 aromatic rings. The number of alkyl halides is 3. The minimum atomic E-state index is -4.71. The predicted octanol–water partition coefficient (Wildman–Crippen LogP) is 4.71. The van der Waals surface area contributed by atoms with E-state index in [1.54, 1.807) is 4.90 Å². The molecule has 0 aromatic carbocycles. The van der Waals surface area contributed by atoms with Gasteiger partial charge in [-0.2, -0.15) is 13.2 Å². The molecule has 2 amide bonds. The van der Waals surface area contributed by atoms with E-state index < -0.39 is 23.3 Å². The number of likely N-dealkylation sites (tertiary alicyclic amines) is 1. The molecule has 8 nitrogen and oxygen atoms in total. The lowest BCUT2D eigenvalue weighted by molar-refractivity contribution is -0.136. The van der Waals surface area contributed by atoms with Gasteiger partial charge in [0.2, 0.25) is 0 Å². The number of amides is 2. The number of imidazole rings is 1. The Balaban J connectivity index is 1.43. The highest BCUT2D eigenvalue weighted by Gasteiger charge is 2.39. The van der Waals surface area contributed by atoms with E-state index in [1.807, 2.05) is 6.92 Å². The number of fused-ring (bicyclic) bond motifs is 1. The van der Waals surface area contributed by atoms with Crippen molar-refractivity contribution in [1.29, 1.82) is 0 Å². The standard InChI is InChI=1S/C22H20ClF3N4O4/c1-12-9-29(21(32)34-12)15-2-5-28(6-3-15)20(31)17-18(23)30-10-14(13-4-7-33-11-13)8-16(19(30)27-17)22(24,25)26/h4,7-8,10-12,15H,2-3,5-6,9H2,1H3. The number of carbonyl (C=O) groups excluding carboxylic acids is 2. The number of piperidine rings is 1. The van der Waals surface area contributed by atoms with Crippen LogP contribution in [0.15, 0.2) is 35.3 Å². The minimum absolute atomic E-state index is 0.0626. The highest BCUT2D eigenvalue weighted by atomic mass is 35.5. The van der Waals surface area contributed by atoms with E-state index in [0.717, 1.165) is 10.5 Å². The lowest BCUT2D eigenvalue weighted by Gasteiger charge is -2.35. The van der Waals surface area contributed by atoms with Crippen molar-refractivity contribution in [3.05, 3.63) is 47.3 Å². The molecule has 12 heteroatoms. The molecule has 0 aliphatic carbocycles. The minimum Gasteiger partial charge on any atom is -0.472 e. The lowest BCUT2D eigenvalue weighted by atomic mass is 10.0. The first-order valence-electron chi connectivity index (χ1n) is 10.7. The molecule has 2 aliphatic heterocycles. The van der Waals surface area contributed by atoms with Crippen LogP contribution in [-0.4, -0.2) is 63.0 Å². The summed E-state index contributed by atoms with van der Waals surface area (Å²) in [7, 11) is 0. The molecular weight excluding hydrogens is 477 g/mol. The summed E-state index contributed by atoms with van der Waals surface area (Å²) in [6, 6.07) is 2.42. The van der Waals surface area contributed by atoms with Crippen LogP contribution in [0, 0.1) is 0 Å². The molecule has 1 atom stereocenters. The smallest absolute Gasteiger partial charge is 0.420 e. The third-order valence-electron chi connectivity index (χ3n) is 6.21. The number of hydrogen-bond acceptors (Lipinski definition) is 5. The van der Waals surface area contributed by atoms with E-state index in [4.69, 9.17) is 20.8 Å². The normalized spacial score (nSPS) is 19.8. The molecule has 0 spiro atoms. The van der Waals surface area contributed by atoms with Crippen LogP contribution in [0.25, 0.3) is 16.8 Å². The second-order valence-electron chi connectivity index (χ2n) is 8.47. The summed E-state index contributed by atoms with van der Waals surface area (Å²) >= 11 is 6.39. The van der Waals surface area contributed by atoms with Crippen LogP contribution in [0.2, 0.25) is 5.15 Å². The highest BCUT2D eigenvalue weighted by molar-refractivity contribution is 6.33. The summed E-state index contributed by atoms with van der Waals surface area (Å²) in [5.74, 6) is -0.553. The number of nitrogens with zero attached hydrogens (tertiary/aromatic N) is 4. The van der Waals surface area contributed by atoms with Crippen molar-refractivity contribution < 1.29 is 31.9 Å². The third kappa shape index (κ3) is 3.87. The maximum Gasteiger partial charge on any atom is 0.420 e. The van der Waals surface area contributed by atoms with E-state index >= 15 is 0 Å². The van der Waals surface area contributed by atoms with Crippen molar-refractivity contribution >= 4 is 29.2 Å². The van der Waals surface area contributed by atoms with Crippen molar-refractivity contribution in [2.24, 2.45) is 0 Å². The molecule has 0 radical (unpaired) electrons. The Hall–Kier alpha value is -3.21. The average molecular weight is 497 g/mol. The Morgan fingerprint density at radius 3 is 2.56 bits per heavy atom. The van der Waals surface area contributed by atoms with Crippen molar-refractivity contribution in [2.75, 3.05) is 19.6 Å². The fourth-order valence-corrected chi connectivity index (χ4v) is 4.76. The Kier molecular flexibility index (Phi) is 5.46. The summed E-state index contributed by atoms with van der Waals surface area (Å²) in [5, 5.41) is -0.199. The lowest BCUT2D eigenvalue weighted by Crippen LogP contribution is -2.47. The summed E-state index contributed by atoms with van der Waals surface area (Å²) in [6.45, 7) is 2.95. The number of ether oxygens (including phenoxy) is 1. The van der Waals surface area contributed by atoms with Gasteiger partial charge in [0.1, 0.15) is 11.3 Å². The molecule has 0 N–H and O–H groups in total. The molecule has 2 fully saturated rings. The second kappa shape index (κ2) is 8.23. The second-order valence-corrected chi connectivity index (χ2v) is 8.83. The van der Waals surface area contributed by atoms with Gasteiger partial charge in [0.25, 0.3) is 5.91 Å². The van der Waals surface area contributed by atoms with Crippen molar-refractivity contribution in [3.63, 3.8) is 0 Å². The van der Waals surface area contributed by atoms with Gasteiger partial charge >= 0.3 is 12.3 Å². The number of cyclic esters (lactones) is 1. The quantitative estimate of drug-likeness (QED) is 0.524. The zero-order valence-corrected chi connectivity index (χ0v) is 18.8. The van der Waals surface area contributed by atoms with Gasteiger partial charge in [0.15, 0.2) is 11.3 Å². The molecule has 2 aliphatic rings. The molecule has 34 heavy (non-hydrogen) atoms. The van der Waals surface area contributed by atoms with Crippen LogP contribution in [0.5, 0.6) is 0 Å². The van der Waals surface area contributed by atoms with Gasteiger partial charge in [-0.05, 0) is 31.9 Å². The van der Waals surface area contributed by atoms with Gasteiger partial charge in [-0.15, -0.1) is 0 Å². The average Bonchev–Trinajstić information content (AvgIpc) is 3.52. The van der Waals surface area contributed by atoms with Gasteiger partial charge in [-0.1, -0.05) is 11.6 Å². The Labute approximate surface area is 196 Å². The molecule has 5 rings (SSSR count). The van der Waals surface area contributed by atoms with Gasteiger partial charge in [-0.25, -0.2) is 9.78 Å². The molecule has 3 aromatic heterocycles. The van der Waals surface area contributed by atoms with Gasteiger partial charge < -0.3 is 19.0 Å². The number of hydrogen-bond donors (Lipinski definition) is 0. The number of furan rings is 1. The summed E-state index contributed by atoms with van der Waals surface area (Å²) < 4.78 is 52.7. The molecular formula is C22H20ClF3N4O4. The van der Waals surface area contributed by atoms with Crippen LogP contribution in [0.3, 0.4) is 0 Å². The predicted molar refractivity (Wildman–Crippen MR) is 114 cm³/mol. The van der Waals surface area contributed by atoms with Crippen molar-refractivity contribution in [2.45, 2.75) is 38.1 Å². The molecule has 5 heterocycles. The number of rotatable bonds is 3. The van der Waals surface area contributed by atoms with E-state index in [1.165, 1.54) is 29.7 Å². The zero-order chi connectivity index (χ0) is 24.2. The van der Waals surface area contributed by atoms with Crippen LogP contribution >= 0.6 is 11.6 Å². The van der Waals surface area contributed by atoms with E-state index in [0.29, 0.717) is 38.0 Å².